The molecule has 0 saturated carbocycles. The molecule has 24 heavy (non-hydrogen) atoms. The number of nitrogens with zero attached hydrogens (tertiary/aromatic N) is 1. The van der Waals surface area contributed by atoms with E-state index in [1.54, 1.807) is 0 Å². The Morgan fingerprint density at radius 1 is 1.21 bits per heavy atom. The van der Waals surface area contributed by atoms with Crippen molar-refractivity contribution in [3.05, 3.63) is 34.9 Å². The summed E-state index contributed by atoms with van der Waals surface area (Å²) in [6.45, 7) is 15.0. The highest BCUT2D eigenvalue weighted by atomic mass is 16.5. The Kier molecular flexibility index (Phi) is 7.27. The highest BCUT2D eigenvalue weighted by Crippen LogP contribution is 2.22. The minimum Gasteiger partial charge on any atom is -0.389 e. The molecule has 0 unspecified atom stereocenters. The van der Waals surface area contributed by atoms with Gasteiger partial charge in [-0.2, -0.15) is 0 Å². The Hall–Kier alpha value is -0.900. The van der Waals surface area contributed by atoms with Crippen LogP contribution in [0.1, 0.15) is 56.7 Å². The van der Waals surface area contributed by atoms with Gasteiger partial charge in [-0.1, -0.05) is 51.5 Å². The third-order valence-electron chi connectivity index (χ3n) is 4.90. The van der Waals surface area contributed by atoms with Crippen molar-refractivity contribution >= 4 is 0 Å². The maximum atomic E-state index is 10.3. The fourth-order valence-corrected chi connectivity index (χ4v) is 4.02. The topological polar surface area (TPSA) is 32.7 Å². The average Bonchev–Trinajstić information content (AvgIpc) is 2.45. The molecule has 0 bridgehead atoms. The lowest BCUT2D eigenvalue weighted by molar-refractivity contribution is -0.00109. The zero-order valence-electron chi connectivity index (χ0n) is 16.1. The number of aliphatic hydroxyl groups excluding tert-OH is 1. The summed E-state index contributed by atoms with van der Waals surface area (Å²) in [6.07, 6.45) is 0.892. The summed E-state index contributed by atoms with van der Waals surface area (Å²) < 4.78 is 5.85. The molecule has 1 aliphatic heterocycles. The second-order valence-corrected chi connectivity index (χ2v) is 8.19. The molecule has 1 N–H and O–H groups in total. The molecule has 3 atom stereocenters. The van der Waals surface area contributed by atoms with Crippen LogP contribution in [0.3, 0.4) is 0 Å². The van der Waals surface area contributed by atoms with Crippen molar-refractivity contribution in [3.63, 3.8) is 0 Å². The van der Waals surface area contributed by atoms with Gasteiger partial charge in [-0.15, -0.1) is 0 Å². The summed E-state index contributed by atoms with van der Waals surface area (Å²) in [5, 5.41) is 10.3. The first-order chi connectivity index (χ1) is 11.3. The van der Waals surface area contributed by atoms with E-state index < -0.39 is 6.10 Å². The zero-order valence-corrected chi connectivity index (χ0v) is 16.1. The molecule has 3 heteroatoms. The maximum absolute atomic E-state index is 10.3. The second kappa shape index (κ2) is 8.98. The van der Waals surface area contributed by atoms with Gasteiger partial charge in [0.15, 0.2) is 0 Å². The van der Waals surface area contributed by atoms with Crippen LogP contribution in [-0.2, 0) is 11.3 Å². The lowest BCUT2D eigenvalue weighted by atomic mass is 9.92. The van der Waals surface area contributed by atoms with E-state index in [9.17, 15) is 5.11 Å². The number of ether oxygens (including phenoxy) is 1. The predicted molar refractivity (Wildman–Crippen MR) is 100 cm³/mol. The van der Waals surface area contributed by atoms with Crippen molar-refractivity contribution in [2.45, 2.75) is 59.7 Å². The van der Waals surface area contributed by atoms with Gasteiger partial charge in [-0.3, -0.25) is 0 Å². The number of piperidine rings is 1. The molecule has 0 radical (unpaired) electrons. The third-order valence-corrected chi connectivity index (χ3v) is 4.90. The summed E-state index contributed by atoms with van der Waals surface area (Å²) in [4.78, 5) is 2.39. The van der Waals surface area contributed by atoms with Crippen molar-refractivity contribution in [2.75, 3.05) is 26.2 Å². The SMILES string of the molecule is Cc1ccc(C(C)C)c(COC[C@@H](O)CN2C[C@H](C)C[C@H](C)C2)c1. The summed E-state index contributed by atoms with van der Waals surface area (Å²) in [5.74, 6) is 1.94. The number of hydrogen-bond acceptors (Lipinski definition) is 3. The molecular weight excluding hydrogens is 298 g/mol. The third kappa shape index (κ3) is 5.87. The Morgan fingerprint density at radius 3 is 2.50 bits per heavy atom. The Bertz CT molecular complexity index is 505. The van der Waals surface area contributed by atoms with Crippen molar-refractivity contribution in [1.29, 1.82) is 0 Å². The molecule has 1 aromatic rings. The van der Waals surface area contributed by atoms with Gasteiger partial charge in [0.2, 0.25) is 0 Å². The van der Waals surface area contributed by atoms with Gasteiger partial charge >= 0.3 is 0 Å². The number of hydrogen-bond donors (Lipinski definition) is 1. The molecule has 1 saturated heterocycles. The fourth-order valence-electron chi connectivity index (χ4n) is 4.02. The standard InChI is InChI=1S/C21H35NO2/c1-15(2)21-7-6-16(3)9-19(21)13-24-14-20(23)12-22-10-17(4)8-18(5)11-22/h6-7,9,15,17-18,20,23H,8,10-14H2,1-5H3/t17-,18+,20-/m0/s1. The van der Waals surface area contributed by atoms with Gasteiger partial charge in [0.25, 0.3) is 0 Å². The van der Waals surface area contributed by atoms with Gasteiger partial charge < -0.3 is 14.7 Å². The number of β-amino-alcohol motifs (C(OH)–C–C–N with tert-alkyl or cyclic N) is 1. The van der Waals surface area contributed by atoms with Crippen LogP contribution in [0.25, 0.3) is 0 Å². The zero-order chi connectivity index (χ0) is 17.7. The quantitative estimate of drug-likeness (QED) is 0.819. The smallest absolute Gasteiger partial charge is 0.0900 e. The highest BCUT2D eigenvalue weighted by molar-refractivity contribution is 5.33. The lowest BCUT2D eigenvalue weighted by Crippen LogP contribution is -2.43. The van der Waals surface area contributed by atoms with Crippen molar-refractivity contribution in [2.24, 2.45) is 11.8 Å². The first-order valence-electron chi connectivity index (χ1n) is 9.42. The fraction of sp³-hybridized carbons (Fsp3) is 0.714. The molecule has 1 heterocycles. The summed E-state index contributed by atoms with van der Waals surface area (Å²) in [5.41, 5.74) is 3.85. The first-order valence-corrected chi connectivity index (χ1v) is 9.42. The molecule has 1 fully saturated rings. The Morgan fingerprint density at radius 2 is 1.88 bits per heavy atom. The van der Waals surface area contributed by atoms with E-state index in [4.69, 9.17) is 4.74 Å². The summed E-state index contributed by atoms with van der Waals surface area (Å²) >= 11 is 0. The van der Waals surface area contributed by atoms with Gasteiger partial charge in [-0.05, 0) is 42.2 Å². The molecule has 0 spiro atoms. The van der Waals surface area contributed by atoms with Crippen LogP contribution in [0.15, 0.2) is 18.2 Å². The molecule has 2 rings (SSSR count). The molecule has 1 aliphatic rings. The van der Waals surface area contributed by atoms with Crippen LogP contribution < -0.4 is 0 Å². The van der Waals surface area contributed by atoms with E-state index in [1.807, 2.05) is 0 Å². The number of aryl methyl sites for hydroxylation is 1. The molecular formula is C21H35NO2. The van der Waals surface area contributed by atoms with E-state index >= 15 is 0 Å². The molecule has 1 aromatic carbocycles. The molecule has 3 nitrogen and oxygen atoms in total. The molecule has 0 amide bonds. The van der Waals surface area contributed by atoms with Crippen LogP contribution in [0.5, 0.6) is 0 Å². The molecule has 0 aromatic heterocycles. The van der Waals surface area contributed by atoms with Crippen LogP contribution in [-0.4, -0.2) is 42.4 Å². The van der Waals surface area contributed by atoms with Gasteiger partial charge in [-0.25, -0.2) is 0 Å². The number of likely N-dealkylation sites (tertiary alicyclic amines) is 1. The second-order valence-electron chi connectivity index (χ2n) is 8.19. The number of rotatable bonds is 7. The van der Waals surface area contributed by atoms with E-state index in [2.05, 4.69) is 57.7 Å². The maximum Gasteiger partial charge on any atom is 0.0900 e. The van der Waals surface area contributed by atoms with Crippen molar-refractivity contribution in [1.82, 2.24) is 4.90 Å². The van der Waals surface area contributed by atoms with Crippen LogP contribution >= 0.6 is 0 Å². The predicted octanol–water partition coefficient (Wildman–Crippen LogP) is 3.97. The van der Waals surface area contributed by atoms with Gasteiger partial charge in [0, 0.05) is 19.6 Å². The number of benzene rings is 1. The monoisotopic (exact) mass is 333 g/mol. The lowest BCUT2D eigenvalue weighted by Gasteiger charge is -2.35. The van der Waals surface area contributed by atoms with Crippen molar-refractivity contribution in [3.8, 4) is 0 Å². The normalized spacial score (nSPS) is 23.6. The minimum atomic E-state index is -0.408. The molecule has 136 valence electrons. The molecule has 0 aliphatic carbocycles. The van der Waals surface area contributed by atoms with Gasteiger partial charge in [0.1, 0.15) is 0 Å². The summed E-state index contributed by atoms with van der Waals surface area (Å²) in [7, 11) is 0. The van der Waals surface area contributed by atoms with E-state index in [0.717, 1.165) is 31.5 Å². The Balaban J connectivity index is 1.80. The van der Waals surface area contributed by atoms with Crippen LogP contribution in [0.2, 0.25) is 0 Å². The average molecular weight is 334 g/mol. The Labute approximate surface area is 148 Å². The van der Waals surface area contributed by atoms with E-state index in [1.165, 1.54) is 23.1 Å². The number of aliphatic hydroxyl groups is 1. The van der Waals surface area contributed by atoms with Crippen molar-refractivity contribution < 1.29 is 9.84 Å². The van der Waals surface area contributed by atoms with Crippen LogP contribution in [0.4, 0.5) is 0 Å². The van der Waals surface area contributed by atoms with Gasteiger partial charge in [0.05, 0.1) is 19.3 Å². The van der Waals surface area contributed by atoms with E-state index in [-0.39, 0.29) is 0 Å². The summed E-state index contributed by atoms with van der Waals surface area (Å²) in [6, 6.07) is 6.56. The minimum absolute atomic E-state index is 0.407. The van der Waals surface area contributed by atoms with E-state index in [0.29, 0.717) is 19.1 Å². The highest BCUT2D eigenvalue weighted by Gasteiger charge is 2.23. The van der Waals surface area contributed by atoms with Crippen LogP contribution in [0, 0.1) is 18.8 Å². The first kappa shape index (κ1) is 19.4. The largest absolute Gasteiger partial charge is 0.389 e.